The molecule has 1 unspecified atom stereocenters. The summed E-state index contributed by atoms with van der Waals surface area (Å²) >= 11 is 0. The van der Waals surface area contributed by atoms with Crippen molar-refractivity contribution in [3.8, 4) is 0 Å². The zero-order chi connectivity index (χ0) is 20.0. The average Bonchev–Trinajstić information content (AvgIpc) is 3.14. The summed E-state index contributed by atoms with van der Waals surface area (Å²) in [5, 5.41) is 8.71. The van der Waals surface area contributed by atoms with Crippen LogP contribution in [0.3, 0.4) is 0 Å². The molecule has 0 radical (unpaired) electrons. The van der Waals surface area contributed by atoms with E-state index in [1.165, 1.54) is 24.3 Å². The predicted octanol–water partition coefficient (Wildman–Crippen LogP) is 2.27. The molecule has 0 aliphatic carbocycles. The molecule has 1 heterocycles. The third-order valence-electron chi connectivity index (χ3n) is 4.95. The molecular formula is C21H23F2N3O2. The highest BCUT2D eigenvalue weighted by Crippen LogP contribution is 2.30. The quantitative estimate of drug-likeness (QED) is 0.683. The zero-order valence-electron chi connectivity index (χ0n) is 15.4. The molecule has 3 rings (SSSR count). The molecule has 7 heteroatoms. The lowest BCUT2D eigenvalue weighted by molar-refractivity contribution is -0.135. The summed E-state index contributed by atoms with van der Waals surface area (Å²) in [5.74, 6) is -1.22. The Morgan fingerprint density at radius 2 is 1.57 bits per heavy atom. The van der Waals surface area contributed by atoms with Crippen molar-refractivity contribution in [1.82, 2.24) is 16.0 Å². The van der Waals surface area contributed by atoms with Crippen molar-refractivity contribution >= 4 is 11.8 Å². The molecule has 148 valence electrons. The fraction of sp³-hybridized carbons (Fsp3) is 0.333. The Kier molecular flexibility index (Phi) is 6.36. The SMILES string of the molecule is O=C(CC1(C(=O)NCc2cccc(F)c2)CCNC1)NCc1cccc(F)c1. The Morgan fingerprint density at radius 3 is 2.11 bits per heavy atom. The van der Waals surface area contributed by atoms with E-state index in [2.05, 4.69) is 16.0 Å². The molecule has 0 saturated carbocycles. The lowest BCUT2D eigenvalue weighted by Crippen LogP contribution is -2.45. The van der Waals surface area contributed by atoms with E-state index in [0.29, 0.717) is 30.6 Å². The maximum atomic E-state index is 13.3. The van der Waals surface area contributed by atoms with E-state index in [4.69, 9.17) is 0 Å². The van der Waals surface area contributed by atoms with Gasteiger partial charge in [0.2, 0.25) is 11.8 Å². The average molecular weight is 387 g/mol. The van der Waals surface area contributed by atoms with Crippen LogP contribution < -0.4 is 16.0 Å². The van der Waals surface area contributed by atoms with E-state index in [9.17, 15) is 18.4 Å². The number of halogens is 2. The molecule has 2 amide bonds. The van der Waals surface area contributed by atoms with Gasteiger partial charge in [0.1, 0.15) is 11.6 Å². The first-order valence-electron chi connectivity index (χ1n) is 9.21. The van der Waals surface area contributed by atoms with Gasteiger partial charge in [-0.3, -0.25) is 9.59 Å². The van der Waals surface area contributed by atoms with E-state index < -0.39 is 5.41 Å². The minimum atomic E-state index is -0.848. The number of nitrogens with one attached hydrogen (secondary N) is 3. The second-order valence-corrected chi connectivity index (χ2v) is 7.10. The van der Waals surface area contributed by atoms with Crippen LogP contribution >= 0.6 is 0 Å². The van der Waals surface area contributed by atoms with Crippen molar-refractivity contribution in [2.24, 2.45) is 5.41 Å². The summed E-state index contributed by atoms with van der Waals surface area (Å²) in [6.45, 7) is 1.44. The lowest BCUT2D eigenvalue weighted by Gasteiger charge is -2.26. The summed E-state index contributed by atoms with van der Waals surface area (Å²) in [5.41, 5.74) is 0.465. The van der Waals surface area contributed by atoms with E-state index in [0.717, 1.165) is 0 Å². The Bertz CT molecular complexity index is 851. The Hall–Kier alpha value is -2.80. The molecule has 2 aromatic carbocycles. The molecule has 1 saturated heterocycles. The molecule has 0 bridgehead atoms. The molecule has 1 fully saturated rings. The first kappa shape index (κ1) is 19.9. The van der Waals surface area contributed by atoms with Crippen molar-refractivity contribution in [3.63, 3.8) is 0 Å². The van der Waals surface area contributed by atoms with Gasteiger partial charge >= 0.3 is 0 Å². The number of hydrogen-bond acceptors (Lipinski definition) is 3. The number of amides is 2. The highest BCUT2D eigenvalue weighted by molar-refractivity contribution is 5.89. The normalized spacial score (nSPS) is 18.6. The third kappa shape index (κ3) is 5.13. The Labute approximate surface area is 162 Å². The van der Waals surface area contributed by atoms with Gasteiger partial charge in [0, 0.05) is 26.1 Å². The number of rotatable bonds is 7. The molecule has 0 spiro atoms. The molecule has 1 aliphatic heterocycles. The van der Waals surface area contributed by atoms with Crippen molar-refractivity contribution in [2.75, 3.05) is 13.1 Å². The van der Waals surface area contributed by atoms with E-state index in [-0.39, 0.29) is 43.0 Å². The highest BCUT2D eigenvalue weighted by atomic mass is 19.1. The van der Waals surface area contributed by atoms with Gasteiger partial charge in [0.05, 0.1) is 5.41 Å². The van der Waals surface area contributed by atoms with Crippen LogP contribution in [-0.4, -0.2) is 24.9 Å². The maximum absolute atomic E-state index is 13.3. The lowest BCUT2D eigenvalue weighted by atomic mass is 9.82. The fourth-order valence-corrected chi connectivity index (χ4v) is 3.40. The van der Waals surface area contributed by atoms with Crippen LogP contribution in [0.4, 0.5) is 8.78 Å². The number of carbonyl (C=O) groups is 2. The molecule has 28 heavy (non-hydrogen) atoms. The van der Waals surface area contributed by atoms with E-state index in [1.807, 2.05) is 0 Å². The largest absolute Gasteiger partial charge is 0.352 e. The Morgan fingerprint density at radius 1 is 0.964 bits per heavy atom. The summed E-state index contributed by atoms with van der Waals surface area (Å²) in [6.07, 6.45) is 0.569. The van der Waals surface area contributed by atoms with Gasteiger partial charge in [0.15, 0.2) is 0 Å². The maximum Gasteiger partial charge on any atom is 0.228 e. The van der Waals surface area contributed by atoms with Crippen molar-refractivity contribution in [1.29, 1.82) is 0 Å². The number of benzene rings is 2. The van der Waals surface area contributed by atoms with Gasteiger partial charge < -0.3 is 16.0 Å². The summed E-state index contributed by atoms with van der Waals surface area (Å²) in [4.78, 5) is 25.2. The topological polar surface area (TPSA) is 70.2 Å². The summed E-state index contributed by atoms with van der Waals surface area (Å²) in [6, 6.07) is 12.0. The van der Waals surface area contributed by atoms with Crippen LogP contribution in [-0.2, 0) is 22.7 Å². The molecule has 0 aromatic heterocycles. The Balaban J connectivity index is 1.57. The van der Waals surface area contributed by atoms with Crippen LogP contribution in [0.1, 0.15) is 24.0 Å². The molecule has 1 aliphatic rings. The number of carbonyl (C=O) groups excluding carboxylic acids is 2. The van der Waals surface area contributed by atoms with Crippen molar-refractivity contribution < 1.29 is 18.4 Å². The van der Waals surface area contributed by atoms with Gasteiger partial charge in [-0.2, -0.15) is 0 Å². The minimum Gasteiger partial charge on any atom is -0.352 e. The molecule has 3 N–H and O–H groups in total. The monoisotopic (exact) mass is 387 g/mol. The molecule has 1 atom stereocenters. The van der Waals surface area contributed by atoms with Crippen molar-refractivity contribution in [3.05, 3.63) is 71.3 Å². The van der Waals surface area contributed by atoms with Crippen LogP contribution in [0, 0.1) is 17.0 Å². The van der Waals surface area contributed by atoms with Gasteiger partial charge in [-0.25, -0.2) is 8.78 Å². The highest BCUT2D eigenvalue weighted by Gasteiger charge is 2.42. The van der Waals surface area contributed by atoms with Crippen molar-refractivity contribution in [2.45, 2.75) is 25.9 Å². The molecule has 5 nitrogen and oxygen atoms in total. The van der Waals surface area contributed by atoms with Gasteiger partial charge in [-0.15, -0.1) is 0 Å². The summed E-state index contributed by atoms with van der Waals surface area (Å²) < 4.78 is 26.5. The van der Waals surface area contributed by atoms with Gasteiger partial charge in [0.25, 0.3) is 0 Å². The van der Waals surface area contributed by atoms with Crippen LogP contribution in [0.5, 0.6) is 0 Å². The fourth-order valence-electron chi connectivity index (χ4n) is 3.40. The van der Waals surface area contributed by atoms with E-state index in [1.54, 1.807) is 24.3 Å². The van der Waals surface area contributed by atoms with E-state index >= 15 is 0 Å². The first-order chi connectivity index (χ1) is 13.5. The van der Waals surface area contributed by atoms with Gasteiger partial charge in [-0.1, -0.05) is 24.3 Å². The zero-order valence-corrected chi connectivity index (χ0v) is 15.4. The van der Waals surface area contributed by atoms with Crippen LogP contribution in [0.25, 0.3) is 0 Å². The summed E-state index contributed by atoms with van der Waals surface area (Å²) in [7, 11) is 0. The number of hydrogen-bond donors (Lipinski definition) is 3. The van der Waals surface area contributed by atoms with Crippen LogP contribution in [0.2, 0.25) is 0 Å². The third-order valence-corrected chi connectivity index (χ3v) is 4.95. The molecule has 2 aromatic rings. The van der Waals surface area contributed by atoms with Crippen LogP contribution in [0.15, 0.2) is 48.5 Å². The van der Waals surface area contributed by atoms with Gasteiger partial charge in [-0.05, 0) is 48.4 Å². The molecular weight excluding hydrogens is 364 g/mol. The first-order valence-corrected chi connectivity index (χ1v) is 9.21. The second kappa shape index (κ2) is 8.93. The smallest absolute Gasteiger partial charge is 0.228 e. The standard InChI is InChI=1S/C21H23F2N3O2/c22-17-5-1-3-15(9-17)12-25-19(27)11-21(7-8-24-14-21)20(28)26-13-16-4-2-6-18(23)10-16/h1-6,9-10,24H,7-8,11-14H2,(H,25,27)(H,26,28). The predicted molar refractivity (Wildman–Crippen MR) is 101 cm³/mol. The second-order valence-electron chi connectivity index (χ2n) is 7.10. The minimum absolute atomic E-state index is 0.0320.